The molecule has 1 radical (unpaired) electrons. The van der Waals surface area contributed by atoms with Crippen molar-refractivity contribution < 1.29 is 51.4 Å². The van der Waals surface area contributed by atoms with E-state index in [2.05, 4.69) is 14.0 Å². The van der Waals surface area contributed by atoms with Gasteiger partial charge in [-0.25, -0.2) is 0 Å². The van der Waals surface area contributed by atoms with Crippen molar-refractivity contribution in [1.82, 2.24) is 0 Å². The van der Waals surface area contributed by atoms with Gasteiger partial charge in [0.15, 0.2) is 0 Å². The van der Waals surface area contributed by atoms with Gasteiger partial charge in [0.25, 0.3) is 0 Å². The van der Waals surface area contributed by atoms with Gasteiger partial charge in [0.1, 0.15) is 24.7 Å². The summed E-state index contributed by atoms with van der Waals surface area (Å²) >= 11 is 0. The second-order valence-electron chi connectivity index (χ2n) is 6.63. The van der Waals surface area contributed by atoms with E-state index in [1.165, 1.54) is 13.1 Å². The first kappa shape index (κ1) is 21.9. The van der Waals surface area contributed by atoms with E-state index in [0.717, 1.165) is 74.6 Å². The Morgan fingerprint density at radius 3 is 2.04 bits per heavy atom. The molecular formula is C19H32NO3Y+. The topological polar surface area (TPSA) is 27.7 Å². The molecule has 1 heterocycles. The van der Waals surface area contributed by atoms with Gasteiger partial charge in [-0.15, -0.1) is 0 Å². The molecule has 1 saturated heterocycles. The van der Waals surface area contributed by atoms with Crippen LogP contribution in [0.2, 0.25) is 0 Å². The summed E-state index contributed by atoms with van der Waals surface area (Å²) in [4.78, 5) is 0. The summed E-state index contributed by atoms with van der Waals surface area (Å²) in [5.41, 5.74) is 0. The molecule has 0 spiro atoms. The van der Waals surface area contributed by atoms with Crippen molar-refractivity contribution in [2.45, 2.75) is 32.6 Å². The van der Waals surface area contributed by atoms with Crippen molar-refractivity contribution in [3.63, 3.8) is 0 Å². The number of nitrogens with zero attached hydrogens (tertiary/aromatic N) is 1. The zero-order chi connectivity index (χ0) is 16.4. The van der Waals surface area contributed by atoms with Crippen molar-refractivity contribution in [2.24, 2.45) is 0 Å². The van der Waals surface area contributed by atoms with E-state index in [-0.39, 0.29) is 32.7 Å². The molecule has 1 aliphatic heterocycles. The Morgan fingerprint density at radius 1 is 0.958 bits per heavy atom. The third-order valence-electron chi connectivity index (χ3n) is 4.46. The molecule has 0 atom stereocenters. The van der Waals surface area contributed by atoms with Gasteiger partial charge < -0.3 is 18.7 Å². The predicted octanol–water partition coefficient (Wildman–Crippen LogP) is 3.50. The summed E-state index contributed by atoms with van der Waals surface area (Å²) in [6.45, 7) is 8.91. The number of ether oxygens (including phenoxy) is 3. The molecule has 1 aromatic carbocycles. The molecule has 0 bridgehead atoms. The number of rotatable bonds is 8. The summed E-state index contributed by atoms with van der Waals surface area (Å²) in [5, 5.41) is 0. The fourth-order valence-electron chi connectivity index (χ4n) is 2.88. The summed E-state index contributed by atoms with van der Waals surface area (Å²) in [6, 6.07) is 7.99. The van der Waals surface area contributed by atoms with E-state index < -0.39 is 0 Å². The van der Waals surface area contributed by atoms with Crippen LogP contribution in [0, 0.1) is 0 Å². The Labute approximate surface area is 172 Å². The molecule has 5 heteroatoms. The van der Waals surface area contributed by atoms with Crippen LogP contribution in [0.25, 0.3) is 0 Å². The van der Waals surface area contributed by atoms with Crippen molar-refractivity contribution >= 4 is 0 Å². The van der Waals surface area contributed by atoms with Crippen molar-refractivity contribution in [1.29, 1.82) is 0 Å². The number of unbranched alkanes of at least 4 members (excludes halogenated alkanes) is 1. The Bertz CT molecular complexity index is 431. The minimum atomic E-state index is 0. The van der Waals surface area contributed by atoms with Crippen LogP contribution in [0.15, 0.2) is 24.3 Å². The SMILES string of the molecule is CCCCOc1ccc(OCC[N+]2(C)CCCOCCC2)cc1.[Y]. The zero-order valence-corrected chi connectivity index (χ0v) is 18.2. The minimum absolute atomic E-state index is 0. The Morgan fingerprint density at radius 2 is 1.50 bits per heavy atom. The van der Waals surface area contributed by atoms with Gasteiger partial charge in [-0.3, -0.25) is 0 Å². The number of benzene rings is 1. The maximum atomic E-state index is 5.92. The average molecular weight is 411 g/mol. The molecular weight excluding hydrogens is 379 g/mol. The first-order valence-corrected chi connectivity index (χ1v) is 8.99. The molecule has 2 rings (SSSR count). The molecule has 0 saturated carbocycles. The number of quaternary nitrogens is 1. The van der Waals surface area contributed by atoms with Gasteiger partial charge in [0.05, 0.1) is 40.0 Å². The van der Waals surface area contributed by atoms with E-state index in [0.29, 0.717) is 0 Å². The average Bonchev–Trinajstić information content (AvgIpc) is 2.53. The van der Waals surface area contributed by atoms with E-state index >= 15 is 0 Å². The van der Waals surface area contributed by atoms with Crippen molar-refractivity contribution in [3.05, 3.63) is 24.3 Å². The van der Waals surface area contributed by atoms with E-state index in [9.17, 15) is 0 Å². The summed E-state index contributed by atoms with van der Waals surface area (Å²) in [6.07, 6.45) is 4.53. The quantitative estimate of drug-likeness (QED) is 0.484. The van der Waals surface area contributed by atoms with Crippen LogP contribution in [0.3, 0.4) is 0 Å². The Kier molecular flexibility index (Phi) is 11.2. The van der Waals surface area contributed by atoms with E-state index in [1.807, 2.05) is 24.3 Å². The summed E-state index contributed by atoms with van der Waals surface area (Å²) in [5.74, 6) is 1.85. The predicted molar refractivity (Wildman–Crippen MR) is 93.2 cm³/mol. The molecule has 0 aliphatic carbocycles. The first-order valence-electron chi connectivity index (χ1n) is 8.99. The van der Waals surface area contributed by atoms with Crippen LogP contribution < -0.4 is 9.47 Å². The fraction of sp³-hybridized carbons (Fsp3) is 0.684. The molecule has 0 unspecified atom stereocenters. The van der Waals surface area contributed by atoms with Gasteiger partial charge >= 0.3 is 0 Å². The third kappa shape index (κ3) is 8.29. The van der Waals surface area contributed by atoms with Crippen LogP contribution in [0.5, 0.6) is 11.5 Å². The molecule has 1 aromatic rings. The van der Waals surface area contributed by atoms with Gasteiger partial charge in [-0.05, 0) is 30.7 Å². The molecule has 0 amide bonds. The zero-order valence-electron chi connectivity index (χ0n) is 15.3. The van der Waals surface area contributed by atoms with Crippen molar-refractivity contribution in [3.8, 4) is 11.5 Å². The molecule has 133 valence electrons. The normalized spacial score (nSPS) is 17.2. The number of hydrogen-bond acceptors (Lipinski definition) is 3. The molecule has 1 aliphatic rings. The first-order chi connectivity index (χ1) is 11.2. The molecule has 0 N–H and O–H groups in total. The van der Waals surface area contributed by atoms with Gasteiger partial charge in [-0.1, -0.05) is 13.3 Å². The number of likely N-dealkylation sites (N-methyl/N-ethyl adjacent to an activating group) is 1. The van der Waals surface area contributed by atoms with Crippen LogP contribution in [-0.2, 0) is 37.4 Å². The van der Waals surface area contributed by atoms with Gasteiger partial charge in [-0.2, -0.15) is 0 Å². The largest absolute Gasteiger partial charge is 0.494 e. The molecule has 4 nitrogen and oxygen atoms in total. The standard InChI is InChI=1S/C19H32NO3.Y/c1-3-4-16-22-18-7-9-19(10-8-18)23-17-13-20(2)11-5-14-21-15-6-12-20;/h7-10H,3-6,11-17H2,1-2H3;/q+1;. The fourth-order valence-corrected chi connectivity index (χ4v) is 2.88. The molecule has 0 aromatic heterocycles. The molecule has 1 fully saturated rings. The maximum Gasteiger partial charge on any atom is 0.137 e. The van der Waals surface area contributed by atoms with E-state index in [1.54, 1.807) is 0 Å². The van der Waals surface area contributed by atoms with E-state index in [4.69, 9.17) is 14.2 Å². The smallest absolute Gasteiger partial charge is 0.137 e. The van der Waals surface area contributed by atoms with Crippen LogP contribution in [0.4, 0.5) is 0 Å². The minimum Gasteiger partial charge on any atom is -0.494 e. The summed E-state index contributed by atoms with van der Waals surface area (Å²) < 4.78 is 18.2. The maximum absolute atomic E-state index is 5.92. The van der Waals surface area contributed by atoms with Gasteiger partial charge in [0.2, 0.25) is 0 Å². The Balaban J connectivity index is 0.00000288. The summed E-state index contributed by atoms with van der Waals surface area (Å²) in [7, 11) is 2.33. The Hall–Kier alpha value is -0.156. The number of hydrogen-bond donors (Lipinski definition) is 0. The van der Waals surface area contributed by atoms with Crippen LogP contribution in [-0.4, -0.2) is 57.6 Å². The molecule has 24 heavy (non-hydrogen) atoms. The van der Waals surface area contributed by atoms with Gasteiger partial charge in [0, 0.05) is 45.6 Å². The second kappa shape index (κ2) is 12.2. The van der Waals surface area contributed by atoms with Crippen molar-refractivity contribution in [2.75, 3.05) is 53.1 Å². The van der Waals surface area contributed by atoms with Crippen LogP contribution in [0.1, 0.15) is 32.6 Å². The third-order valence-corrected chi connectivity index (χ3v) is 4.46. The second-order valence-corrected chi connectivity index (χ2v) is 6.63. The monoisotopic (exact) mass is 411 g/mol. The van der Waals surface area contributed by atoms with Crippen LogP contribution >= 0.6 is 0 Å².